The lowest BCUT2D eigenvalue weighted by Crippen LogP contribution is -2.40. The lowest BCUT2D eigenvalue weighted by molar-refractivity contribution is 0.0680. The molecule has 7 nitrogen and oxygen atoms in total. The molecule has 1 aromatic carbocycles. The third kappa shape index (κ3) is 2.69. The van der Waals surface area contributed by atoms with Crippen LogP contribution in [0.3, 0.4) is 0 Å². The van der Waals surface area contributed by atoms with Gasteiger partial charge in [-0.2, -0.15) is 0 Å². The molecule has 0 unspecified atom stereocenters. The van der Waals surface area contributed by atoms with Gasteiger partial charge in [-0.05, 0) is 51.8 Å². The standard InChI is InChI=1S/C20H22N6O/c1-11-9-25(10-18-23-24-19(26(11)18)14-4-5-14)20(27)15-6-7-16-17(8-15)22-13(3)12(2)21-16/h6-8,11,14H,4-5,9-10H2,1-3H3/t11-/m0/s1. The second-order valence-corrected chi connectivity index (χ2v) is 7.75. The zero-order chi connectivity index (χ0) is 18.7. The molecule has 0 saturated heterocycles. The van der Waals surface area contributed by atoms with Gasteiger partial charge in [0.15, 0.2) is 5.82 Å². The predicted molar refractivity (Wildman–Crippen MR) is 100 cm³/mol. The van der Waals surface area contributed by atoms with Crippen LogP contribution in [0.2, 0.25) is 0 Å². The van der Waals surface area contributed by atoms with Gasteiger partial charge in [-0.15, -0.1) is 10.2 Å². The van der Waals surface area contributed by atoms with Crippen LogP contribution in [0, 0.1) is 13.8 Å². The Bertz CT molecular complexity index is 1070. The summed E-state index contributed by atoms with van der Waals surface area (Å²) in [6.45, 7) is 7.19. The molecule has 0 radical (unpaired) electrons. The average molecular weight is 362 g/mol. The van der Waals surface area contributed by atoms with Crippen molar-refractivity contribution in [2.45, 2.75) is 52.1 Å². The molecule has 1 amide bonds. The van der Waals surface area contributed by atoms with E-state index in [0.29, 0.717) is 24.6 Å². The fourth-order valence-electron chi connectivity index (χ4n) is 3.88. The summed E-state index contributed by atoms with van der Waals surface area (Å²) in [5.41, 5.74) is 4.02. The third-order valence-electron chi connectivity index (χ3n) is 5.60. The number of carbonyl (C=O) groups excluding carboxylic acids is 1. The molecule has 1 fully saturated rings. The van der Waals surface area contributed by atoms with Gasteiger partial charge in [0.1, 0.15) is 5.82 Å². The molecule has 0 bridgehead atoms. The van der Waals surface area contributed by atoms with Gasteiger partial charge in [0.2, 0.25) is 0 Å². The summed E-state index contributed by atoms with van der Waals surface area (Å²) in [6.07, 6.45) is 2.40. The van der Waals surface area contributed by atoms with E-state index in [2.05, 4.69) is 31.7 Å². The molecular formula is C20H22N6O. The monoisotopic (exact) mass is 362 g/mol. The number of hydrogen-bond donors (Lipinski definition) is 0. The number of aromatic nitrogens is 5. The summed E-state index contributed by atoms with van der Waals surface area (Å²) in [4.78, 5) is 24.1. The van der Waals surface area contributed by atoms with Gasteiger partial charge in [0, 0.05) is 18.0 Å². The number of carbonyl (C=O) groups is 1. The Morgan fingerprint density at radius 1 is 1.07 bits per heavy atom. The summed E-state index contributed by atoms with van der Waals surface area (Å²) in [7, 11) is 0. The zero-order valence-corrected chi connectivity index (χ0v) is 15.8. The smallest absolute Gasteiger partial charge is 0.254 e. The van der Waals surface area contributed by atoms with Crippen LogP contribution in [0.1, 0.15) is 65.1 Å². The first-order chi connectivity index (χ1) is 13.0. The molecule has 1 aliphatic carbocycles. The SMILES string of the molecule is Cc1nc2ccc(C(=O)N3Cc4nnc(C5CC5)n4[C@@H](C)C3)cc2nc1C. The minimum atomic E-state index is 0.00556. The highest BCUT2D eigenvalue weighted by Crippen LogP contribution is 2.41. The highest BCUT2D eigenvalue weighted by atomic mass is 16.2. The van der Waals surface area contributed by atoms with E-state index in [9.17, 15) is 4.79 Å². The molecule has 27 heavy (non-hydrogen) atoms. The summed E-state index contributed by atoms with van der Waals surface area (Å²) < 4.78 is 2.24. The topological polar surface area (TPSA) is 76.8 Å². The molecular weight excluding hydrogens is 340 g/mol. The normalized spacial score (nSPS) is 19.4. The molecule has 2 aliphatic rings. The number of fused-ring (bicyclic) bond motifs is 2. The Morgan fingerprint density at radius 3 is 2.56 bits per heavy atom. The molecule has 0 spiro atoms. The summed E-state index contributed by atoms with van der Waals surface area (Å²) >= 11 is 0. The van der Waals surface area contributed by atoms with E-state index in [-0.39, 0.29) is 11.9 Å². The Labute approximate surface area is 157 Å². The number of hydrogen-bond acceptors (Lipinski definition) is 5. The van der Waals surface area contributed by atoms with Crippen LogP contribution in [0.4, 0.5) is 0 Å². The lowest BCUT2D eigenvalue weighted by Gasteiger charge is -2.32. The van der Waals surface area contributed by atoms with E-state index >= 15 is 0 Å². The third-order valence-corrected chi connectivity index (χ3v) is 5.60. The Kier molecular flexibility index (Phi) is 3.54. The van der Waals surface area contributed by atoms with Crippen molar-refractivity contribution < 1.29 is 4.79 Å². The first kappa shape index (κ1) is 16.4. The molecule has 1 atom stereocenters. The Hall–Kier alpha value is -2.83. The van der Waals surface area contributed by atoms with E-state index in [0.717, 1.165) is 34.1 Å². The first-order valence-corrected chi connectivity index (χ1v) is 9.49. The molecule has 3 heterocycles. The Morgan fingerprint density at radius 2 is 1.81 bits per heavy atom. The van der Waals surface area contributed by atoms with Gasteiger partial charge in [-0.1, -0.05) is 0 Å². The number of benzene rings is 1. The van der Waals surface area contributed by atoms with Crippen LogP contribution >= 0.6 is 0 Å². The highest BCUT2D eigenvalue weighted by molar-refractivity contribution is 5.97. The van der Waals surface area contributed by atoms with Crippen molar-refractivity contribution in [3.8, 4) is 0 Å². The molecule has 5 rings (SSSR count). The quantitative estimate of drug-likeness (QED) is 0.700. The summed E-state index contributed by atoms with van der Waals surface area (Å²) in [6, 6.07) is 5.75. The van der Waals surface area contributed by atoms with Crippen LogP contribution in [0.5, 0.6) is 0 Å². The molecule has 0 N–H and O–H groups in total. The van der Waals surface area contributed by atoms with Crippen molar-refractivity contribution in [3.05, 3.63) is 46.8 Å². The Balaban J connectivity index is 1.45. The highest BCUT2D eigenvalue weighted by Gasteiger charge is 2.35. The van der Waals surface area contributed by atoms with E-state index in [1.807, 2.05) is 36.9 Å². The van der Waals surface area contributed by atoms with Gasteiger partial charge < -0.3 is 9.47 Å². The fourth-order valence-corrected chi connectivity index (χ4v) is 3.88. The molecule has 2 aromatic heterocycles. The second-order valence-electron chi connectivity index (χ2n) is 7.75. The van der Waals surface area contributed by atoms with Gasteiger partial charge >= 0.3 is 0 Å². The number of amides is 1. The maximum atomic E-state index is 13.1. The maximum absolute atomic E-state index is 13.1. The van der Waals surface area contributed by atoms with Crippen molar-refractivity contribution >= 4 is 16.9 Å². The maximum Gasteiger partial charge on any atom is 0.254 e. The fraction of sp³-hybridized carbons (Fsp3) is 0.450. The van der Waals surface area contributed by atoms with Crippen LogP contribution in [0.15, 0.2) is 18.2 Å². The predicted octanol–water partition coefficient (Wildman–Crippen LogP) is 2.93. The van der Waals surface area contributed by atoms with E-state index in [1.54, 1.807) is 0 Å². The van der Waals surface area contributed by atoms with Crippen LogP contribution in [0.25, 0.3) is 11.0 Å². The lowest BCUT2D eigenvalue weighted by atomic mass is 10.1. The van der Waals surface area contributed by atoms with E-state index < -0.39 is 0 Å². The summed E-state index contributed by atoms with van der Waals surface area (Å²) in [5.74, 6) is 2.54. The van der Waals surface area contributed by atoms with Crippen molar-refractivity contribution in [3.63, 3.8) is 0 Å². The minimum absolute atomic E-state index is 0.00556. The van der Waals surface area contributed by atoms with Gasteiger partial charge in [-0.25, -0.2) is 9.97 Å². The largest absolute Gasteiger partial charge is 0.329 e. The number of aryl methyl sites for hydroxylation is 2. The second kappa shape index (κ2) is 5.84. The van der Waals surface area contributed by atoms with E-state index in [1.165, 1.54) is 12.8 Å². The zero-order valence-electron chi connectivity index (χ0n) is 15.8. The van der Waals surface area contributed by atoms with Gasteiger partial charge in [-0.3, -0.25) is 4.79 Å². The summed E-state index contributed by atoms with van der Waals surface area (Å²) in [5, 5.41) is 8.75. The van der Waals surface area contributed by atoms with Crippen LogP contribution < -0.4 is 0 Å². The van der Waals surface area contributed by atoms with Crippen molar-refractivity contribution in [2.75, 3.05) is 6.54 Å². The van der Waals surface area contributed by atoms with Gasteiger partial charge in [0.05, 0.1) is 35.0 Å². The van der Waals surface area contributed by atoms with Crippen LogP contribution in [-0.2, 0) is 6.54 Å². The first-order valence-electron chi connectivity index (χ1n) is 9.49. The van der Waals surface area contributed by atoms with Crippen molar-refractivity contribution in [1.82, 2.24) is 29.6 Å². The van der Waals surface area contributed by atoms with Gasteiger partial charge in [0.25, 0.3) is 5.91 Å². The average Bonchev–Trinajstić information content (AvgIpc) is 3.40. The molecule has 1 aliphatic heterocycles. The molecule has 1 saturated carbocycles. The molecule has 3 aromatic rings. The number of nitrogens with zero attached hydrogens (tertiary/aromatic N) is 6. The molecule has 138 valence electrons. The number of rotatable bonds is 2. The molecule has 7 heteroatoms. The van der Waals surface area contributed by atoms with Crippen molar-refractivity contribution in [2.24, 2.45) is 0 Å². The van der Waals surface area contributed by atoms with Crippen LogP contribution in [-0.4, -0.2) is 42.1 Å². The minimum Gasteiger partial charge on any atom is -0.329 e. The van der Waals surface area contributed by atoms with E-state index in [4.69, 9.17) is 0 Å². The van der Waals surface area contributed by atoms with Crippen molar-refractivity contribution in [1.29, 1.82) is 0 Å².